The summed E-state index contributed by atoms with van der Waals surface area (Å²) < 4.78 is 6.22. The van der Waals surface area contributed by atoms with Crippen molar-refractivity contribution in [2.24, 2.45) is 0 Å². The van der Waals surface area contributed by atoms with Gasteiger partial charge in [-0.05, 0) is 46.2 Å². The summed E-state index contributed by atoms with van der Waals surface area (Å²) in [5, 5.41) is 2.34. The Morgan fingerprint density at radius 2 is 1.47 bits per heavy atom. The Labute approximate surface area is 181 Å². The molecule has 5 aromatic rings. The molecule has 0 radical (unpaired) electrons. The topological polar surface area (TPSA) is 13.1 Å². The van der Waals surface area contributed by atoms with Crippen molar-refractivity contribution in [3.63, 3.8) is 0 Å². The van der Waals surface area contributed by atoms with Crippen LogP contribution in [0.25, 0.3) is 44.2 Å². The number of para-hydroxylation sites is 2. The first-order chi connectivity index (χ1) is 14.7. The van der Waals surface area contributed by atoms with Crippen molar-refractivity contribution in [3.05, 3.63) is 96.6 Å². The Morgan fingerprint density at radius 3 is 2.30 bits per heavy atom. The molecule has 0 saturated carbocycles. The van der Waals surface area contributed by atoms with E-state index in [1.807, 2.05) is 23.9 Å². The van der Waals surface area contributed by atoms with Gasteiger partial charge in [-0.25, -0.2) is 0 Å². The molecule has 0 spiro atoms. The van der Waals surface area contributed by atoms with Crippen LogP contribution in [-0.4, -0.2) is 12.0 Å². The molecule has 5 rings (SSSR count). The van der Waals surface area contributed by atoms with E-state index in [0.717, 1.165) is 22.5 Å². The quantitative estimate of drug-likeness (QED) is 0.290. The molecule has 1 unspecified atom stereocenters. The molecular weight excluding hydrogens is 384 g/mol. The van der Waals surface area contributed by atoms with Crippen LogP contribution < -0.4 is 0 Å². The molecule has 0 fully saturated rings. The zero-order valence-corrected chi connectivity index (χ0v) is 18.1. The number of furan rings is 1. The highest BCUT2D eigenvalue weighted by molar-refractivity contribution is 7.98. The van der Waals surface area contributed by atoms with E-state index in [-0.39, 0.29) is 0 Å². The van der Waals surface area contributed by atoms with Crippen LogP contribution in [0.4, 0.5) is 0 Å². The second kappa shape index (κ2) is 8.04. The largest absolute Gasteiger partial charge is 0.455 e. The summed E-state index contributed by atoms with van der Waals surface area (Å²) in [6.45, 7) is 2.30. The summed E-state index contributed by atoms with van der Waals surface area (Å²) >= 11 is 1.90. The van der Waals surface area contributed by atoms with E-state index in [9.17, 15) is 0 Å². The number of rotatable bonds is 5. The van der Waals surface area contributed by atoms with Crippen LogP contribution in [0, 0.1) is 0 Å². The third kappa shape index (κ3) is 3.42. The van der Waals surface area contributed by atoms with Gasteiger partial charge in [-0.1, -0.05) is 91.9 Å². The summed E-state index contributed by atoms with van der Waals surface area (Å²) in [6.07, 6.45) is 2.17. The molecule has 1 nitrogen and oxygen atoms in total. The smallest absolute Gasteiger partial charge is 0.143 e. The Morgan fingerprint density at radius 1 is 0.733 bits per heavy atom. The van der Waals surface area contributed by atoms with Gasteiger partial charge < -0.3 is 4.42 Å². The van der Waals surface area contributed by atoms with E-state index in [0.29, 0.717) is 5.92 Å². The van der Waals surface area contributed by atoms with Gasteiger partial charge in [0.1, 0.15) is 11.2 Å². The molecule has 30 heavy (non-hydrogen) atoms. The first-order valence-corrected chi connectivity index (χ1v) is 11.7. The lowest BCUT2D eigenvalue weighted by molar-refractivity contribution is 0.670. The van der Waals surface area contributed by atoms with Gasteiger partial charge in [0.25, 0.3) is 0 Å². The maximum absolute atomic E-state index is 6.22. The van der Waals surface area contributed by atoms with Crippen LogP contribution in [0.1, 0.15) is 18.4 Å². The third-order valence-electron chi connectivity index (χ3n) is 5.81. The predicted molar refractivity (Wildman–Crippen MR) is 131 cm³/mol. The molecule has 1 aromatic heterocycles. The number of hydrogen-bond acceptors (Lipinski definition) is 2. The van der Waals surface area contributed by atoms with Crippen LogP contribution >= 0.6 is 11.8 Å². The van der Waals surface area contributed by atoms with Crippen LogP contribution in [0.15, 0.2) is 95.4 Å². The van der Waals surface area contributed by atoms with Crippen molar-refractivity contribution in [3.8, 4) is 22.3 Å². The number of thioether (sulfide) groups is 1. The molecule has 148 valence electrons. The Balaban J connectivity index is 1.53. The first kappa shape index (κ1) is 19.0. The number of fused-ring (bicyclic) bond motifs is 3. The van der Waals surface area contributed by atoms with Crippen molar-refractivity contribution in [2.75, 3.05) is 12.0 Å². The molecule has 4 aromatic carbocycles. The fourth-order valence-corrected chi connectivity index (χ4v) is 4.88. The predicted octanol–water partition coefficient (Wildman–Crippen LogP) is 8.39. The number of hydrogen-bond donors (Lipinski definition) is 0. The zero-order chi connectivity index (χ0) is 20.5. The van der Waals surface area contributed by atoms with E-state index in [1.165, 1.54) is 33.0 Å². The van der Waals surface area contributed by atoms with Crippen LogP contribution in [0.5, 0.6) is 0 Å². The lowest BCUT2D eigenvalue weighted by Crippen LogP contribution is -1.96. The highest BCUT2D eigenvalue weighted by Gasteiger charge is 2.12. The normalized spacial score (nSPS) is 12.5. The van der Waals surface area contributed by atoms with Crippen molar-refractivity contribution < 1.29 is 4.42 Å². The highest BCUT2D eigenvalue weighted by atomic mass is 32.2. The second-order valence-corrected chi connectivity index (χ2v) is 8.75. The van der Waals surface area contributed by atoms with Crippen LogP contribution in [0.3, 0.4) is 0 Å². The van der Waals surface area contributed by atoms with E-state index in [2.05, 4.69) is 92.0 Å². The molecule has 1 heterocycles. The lowest BCUT2D eigenvalue weighted by Gasteiger charge is -2.12. The van der Waals surface area contributed by atoms with Gasteiger partial charge in [-0.3, -0.25) is 0 Å². The average Bonchev–Trinajstić information content (AvgIpc) is 3.18. The monoisotopic (exact) mass is 408 g/mol. The summed E-state index contributed by atoms with van der Waals surface area (Å²) in [4.78, 5) is 0. The van der Waals surface area contributed by atoms with E-state index in [1.54, 1.807) is 0 Å². The van der Waals surface area contributed by atoms with Crippen molar-refractivity contribution in [2.45, 2.75) is 12.8 Å². The van der Waals surface area contributed by atoms with Gasteiger partial charge in [-0.2, -0.15) is 11.8 Å². The van der Waals surface area contributed by atoms with Gasteiger partial charge in [0.05, 0.1) is 0 Å². The standard InChI is InChI=1S/C28H24OS/c1-19(18-30-2)22-7-5-8-23(17-22)20-13-15-21(16-14-20)24-10-6-11-26-25-9-3-4-12-27(25)29-28(24)26/h3-17,19H,18H2,1-2H3. The minimum Gasteiger partial charge on any atom is -0.455 e. The summed E-state index contributed by atoms with van der Waals surface area (Å²) in [5.41, 5.74) is 8.13. The molecular formula is C28H24OS. The van der Waals surface area contributed by atoms with Gasteiger partial charge >= 0.3 is 0 Å². The SMILES string of the molecule is CSCC(C)c1cccc(-c2ccc(-c3cccc4c3oc3ccccc34)cc2)c1. The Bertz CT molecular complexity index is 1310. The minimum absolute atomic E-state index is 0.560. The van der Waals surface area contributed by atoms with Gasteiger partial charge in [-0.15, -0.1) is 0 Å². The Hall–Kier alpha value is -2.97. The molecule has 0 N–H and O–H groups in total. The van der Waals surface area contributed by atoms with E-state index in [4.69, 9.17) is 4.42 Å². The number of benzene rings is 4. The molecule has 0 saturated heterocycles. The summed E-state index contributed by atoms with van der Waals surface area (Å²) in [6, 6.07) is 32.4. The third-order valence-corrected chi connectivity index (χ3v) is 6.64. The Kier molecular flexibility index (Phi) is 5.10. The van der Waals surface area contributed by atoms with Crippen molar-refractivity contribution in [1.29, 1.82) is 0 Å². The van der Waals surface area contributed by atoms with E-state index < -0.39 is 0 Å². The highest BCUT2D eigenvalue weighted by Crippen LogP contribution is 2.36. The first-order valence-electron chi connectivity index (χ1n) is 10.3. The molecule has 0 aliphatic carbocycles. The minimum atomic E-state index is 0.560. The van der Waals surface area contributed by atoms with E-state index >= 15 is 0 Å². The fraction of sp³-hybridized carbons (Fsp3) is 0.143. The van der Waals surface area contributed by atoms with Crippen molar-refractivity contribution >= 4 is 33.7 Å². The molecule has 0 aliphatic heterocycles. The van der Waals surface area contributed by atoms with Gasteiger partial charge in [0, 0.05) is 16.3 Å². The molecule has 0 amide bonds. The molecule has 0 bridgehead atoms. The fourth-order valence-electron chi connectivity index (χ4n) is 4.19. The van der Waals surface area contributed by atoms with Crippen LogP contribution in [0.2, 0.25) is 0 Å². The lowest BCUT2D eigenvalue weighted by atomic mass is 9.95. The summed E-state index contributed by atoms with van der Waals surface area (Å²) in [7, 11) is 0. The van der Waals surface area contributed by atoms with Gasteiger partial charge in [0.2, 0.25) is 0 Å². The van der Waals surface area contributed by atoms with Crippen molar-refractivity contribution in [1.82, 2.24) is 0 Å². The van der Waals surface area contributed by atoms with Crippen LogP contribution in [-0.2, 0) is 0 Å². The maximum atomic E-state index is 6.22. The molecule has 0 aliphatic rings. The molecule has 2 heteroatoms. The zero-order valence-electron chi connectivity index (χ0n) is 17.3. The van der Waals surface area contributed by atoms with Gasteiger partial charge in [0.15, 0.2) is 0 Å². The molecule has 1 atom stereocenters. The second-order valence-electron chi connectivity index (χ2n) is 7.84. The summed E-state index contributed by atoms with van der Waals surface area (Å²) in [5.74, 6) is 1.70. The average molecular weight is 409 g/mol. The maximum Gasteiger partial charge on any atom is 0.143 e.